The molecule has 0 aliphatic heterocycles. The minimum absolute atomic E-state index is 0.0985. The Balaban J connectivity index is 2.02. The minimum Gasteiger partial charge on any atom is -0.495 e. The molecule has 0 bridgehead atoms. The first-order valence-electron chi connectivity index (χ1n) is 9.04. The van der Waals surface area contributed by atoms with E-state index in [9.17, 15) is 9.59 Å². The molecule has 0 heterocycles. The first-order chi connectivity index (χ1) is 12.0. The van der Waals surface area contributed by atoms with E-state index in [0.29, 0.717) is 23.2 Å². The van der Waals surface area contributed by atoms with Crippen LogP contribution in [0, 0.1) is 0 Å². The van der Waals surface area contributed by atoms with Crippen LogP contribution in [0.2, 0.25) is 0 Å². The highest BCUT2D eigenvalue weighted by Crippen LogP contribution is 2.28. The molecule has 1 fully saturated rings. The van der Waals surface area contributed by atoms with E-state index in [1.165, 1.54) is 26.2 Å². The topological polar surface area (TPSA) is 70.7 Å². The molecule has 1 aromatic rings. The lowest BCUT2D eigenvalue weighted by atomic mass is 9.94. The van der Waals surface area contributed by atoms with Crippen LogP contribution in [0.5, 0.6) is 5.75 Å². The smallest absolute Gasteiger partial charge is 0.242 e. The SMILES string of the molecule is CCN(C(=O)CNc1cc(NC(C)=O)ccc1OC)C1CCCCC1. The first-order valence-corrected chi connectivity index (χ1v) is 9.04. The lowest BCUT2D eigenvalue weighted by molar-refractivity contribution is -0.132. The molecule has 2 N–H and O–H groups in total. The summed E-state index contributed by atoms with van der Waals surface area (Å²) < 4.78 is 5.34. The van der Waals surface area contributed by atoms with Gasteiger partial charge < -0.3 is 20.3 Å². The number of rotatable bonds is 7. The second-order valence-corrected chi connectivity index (χ2v) is 6.42. The van der Waals surface area contributed by atoms with E-state index in [2.05, 4.69) is 10.6 Å². The first kappa shape index (κ1) is 19.1. The maximum Gasteiger partial charge on any atom is 0.242 e. The third-order valence-electron chi connectivity index (χ3n) is 4.63. The quantitative estimate of drug-likeness (QED) is 0.794. The van der Waals surface area contributed by atoms with E-state index in [1.807, 2.05) is 11.8 Å². The van der Waals surface area contributed by atoms with E-state index in [-0.39, 0.29) is 18.4 Å². The molecule has 1 aliphatic rings. The number of methoxy groups -OCH3 is 1. The number of benzene rings is 1. The summed E-state index contributed by atoms with van der Waals surface area (Å²) in [4.78, 5) is 25.9. The van der Waals surface area contributed by atoms with Gasteiger partial charge in [0.1, 0.15) is 5.75 Å². The van der Waals surface area contributed by atoms with Crippen LogP contribution in [0.1, 0.15) is 46.0 Å². The summed E-state index contributed by atoms with van der Waals surface area (Å²) in [6.07, 6.45) is 5.87. The second kappa shape index (κ2) is 9.30. The number of hydrogen-bond acceptors (Lipinski definition) is 4. The fraction of sp³-hybridized carbons (Fsp3) is 0.579. The minimum atomic E-state index is -0.137. The van der Waals surface area contributed by atoms with Crippen LogP contribution in [-0.2, 0) is 9.59 Å². The van der Waals surface area contributed by atoms with Crippen molar-refractivity contribution in [3.8, 4) is 5.75 Å². The van der Waals surface area contributed by atoms with Crippen LogP contribution in [0.15, 0.2) is 18.2 Å². The predicted octanol–water partition coefficient (Wildman–Crippen LogP) is 3.25. The van der Waals surface area contributed by atoms with Gasteiger partial charge in [0.2, 0.25) is 11.8 Å². The predicted molar refractivity (Wildman–Crippen MR) is 100 cm³/mol. The van der Waals surface area contributed by atoms with Crippen molar-refractivity contribution in [2.75, 3.05) is 30.8 Å². The van der Waals surface area contributed by atoms with Gasteiger partial charge in [-0.15, -0.1) is 0 Å². The molecule has 0 spiro atoms. The van der Waals surface area contributed by atoms with Crippen molar-refractivity contribution in [2.45, 2.75) is 52.0 Å². The molecule has 6 nitrogen and oxygen atoms in total. The third kappa shape index (κ3) is 5.37. The number of nitrogens with zero attached hydrogens (tertiary/aromatic N) is 1. The van der Waals surface area contributed by atoms with Crippen molar-refractivity contribution in [2.24, 2.45) is 0 Å². The molecule has 6 heteroatoms. The lowest BCUT2D eigenvalue weighted by Crippen LogP contribution is -2.43. The van der Waals surface area contributed by atoms with Gasteiger partial charge in [0.25, 0.3) is 0 Å². The molecular formula is C19H29N3O3. The molecule has 0 unspecified atom stereocenters. The Morgan fingerprint density at radius 2 is 1.96 bits per heavy atom. The van der Waals surface area contributed by atoms with Gasteiger partial charge in [0.05, 0.1) is 19.3 Å². The Morgan fingerprint density at radius 3 is 2.56 bits per heavy atom. The van der Waals surface area contributed by atoms with Crippen molar-refractivity contribution in [3.63, 3.8) is 0 Å². The summed E-state index contributed by atoms with van der Waals surface area (Å²) >= 11 is 0. The van der Waals surface area contributed by atoms with Crippen molar-refractivity contribution < 1.29 is 14.3 Å². The molecule has 1 saturated carbocycles. The number of nitrogens with one attached hydrogen (secondary N) is 2. The van der Waals surface area contributed by atoms with Gasteiger partial charge in [-0.2, -0.15) is 0 Å². The molecule has 1 aliphatic carbocycles. The molecule has 0 aromatic heterocycles. The molecule has 138 valence electrons. The summed E-state index contributed by atoms with van der Waals surface area (Å²) in [5.41, 5.74) is 1.37. The average Bonchev–Trinajstić information content (AvgIpc) is 2.61. The molecule has 1 aromatic carbocycles. The molecule has 2 rings (SSSR count). The largest absolute Gasteiger partial charge is 0.495 e. The Morgan fingerprint density at radius 1 is 1.24 bits per heavy atom. The summed E-state index contributed by atoms with van der Waals surface area (Å²) in [7, 11) is 1.58. The number of hydrogen-bond donors (Lipinski definition) is 2. The maximum absolute atomic E-state index is 12.7. The zero-order valence-corrected chi connectivity index (χ0v) is 15.4. The van der Waals surface area contributed by atoms with E-state index in [4.69, 9.17) is 4.74 Å². The monoisotopic (exact) mass is 347 g/mol. The standard InChI is InChI=1S/C19H29N3O3/c1-4-22(16-8-6-5-7-9-16)19(24)13-20-17-12-15(21-14(2)23)10-11-18(17)25-3/h10-12,16,20H,4-9,13H2,1-3H3,(H,21,23). The zero-order chi connectivity index (χ0) is 18.2. The normalized spacial score (nSPS) is 14.7. The fourth-order valence-corrected chi connectivity index (χ4v) is 3.43. The summed E-state index contributed by atoms with van der Waals surface area (Å²) in [6, 6.07) is 5.69. The number of anilines is 2. The Hall–Kier alpha value is -2.24. The molecule has 2 amide bonds. The third-order valence-corrected chi connectivity index (χ3v) is 4.63. The Kier molecular flexibility index (Phi) is 7.10. The van der Waals surface area contributed by atoms with E-state index >= 15 is 0 Å². The number of likely N-dealkylation sites (N-methyl/N-ethyl adjacent to an activating group) is 1. The van der Waals surface area contributed by atoms with Crippen molar-refractivity contribution in [3.05, 3.63) is 18.2 Å². The molecule has 0 radical (unpaired) electrons. The van der Waals surface area contributed by atoms with Crippen molar-refractivity contribution in [1.82, 2.24) is 4.90 Å². The molecule has 0 atom stereocenters. The highest BCUT2D eigenvalue weighted by atomic mass is 16.5. The van der Waals surface area contributed by atoms with Crippen molar-refractivity contribution in [1.29, 1.82) is 0 Å². The van der Waals surface area contributed by atoms with Crippen LogP contribution < -0.4 is 15.4 Å². The second-order valence-electron chi connectivity index (χ2n) is 6.42. The number of amides is 2. The van der Waals surface area contributed by atoms with Gasteiger partial charge >= 0.3 is 0 Å². The Bertz CT molecular complexity index is 598. The van der Waals surface area contributed by atoms with Gasteiger partial charge in [-0.05, 0) is 38.0 Å². The number of ether oxygens (including phenoxy) is 1. The summed E-state index contributed by atoms with van der Waals surface area (Å²) in [5.74, 6) is 0.602. The molecule has 0 saturated heterocycles. The van der Waals surface area contributed by atoms with E-state index < -0.39 is 0 Å². The Labute approximate surface area is 149 Å². The van der Waals surface area contributed by atoms with Crippen molar-refractivity contribution >= 4 is 23.2 Å². The van der Waals surface area contributed by atoms with Gasteiger partial charge in [0, 0.05) is 25.2 Å². The molecular weight excluding hydrogens is 318 g/mol. The van der Waals surface area contributed by atoms with Crippen LogP contribution in [-0.4, -0.2) is 43.0 Å². The van der Waals surface area contributed by atoms with Crippen LogP contribution in [0.3, 0.4) is 0 Å². The maximum atomic E-state index is 12.7. The fourth-order valence-electron chi connectivity index (χ4n) is 3.43. The number of carbonyl (C=O) groups excluding carboxylic acids is 2. The number of carbonyl (C=O) groups is 2. The van der Waals surface area contributed by atoms with Crippen LogP contribution in [0.4, 0.5) is 11.4 Å². The van der Waals surface area contributed by atoms with E-state index in [1.54, 1.807) is 25.3 Å². The van der Waals surface area contributed by atoms with Gasteiger partial charge in [-0.25, -0.2) is 0 Å². The average molecular weight is 347 g/mol. The van der Waals surface area contributed by atoms with Crippen LogP contribution >= 0.6 is 0 Å². The van der Waals surface area contributed by atoms with Gasteiger partial charge in [0.15, 0.2) is 0 Å². The van der Waals surface area contributed by atoms with Gasteiger partial charge in [-0.1, -0.05) is 19.3 Å². The van der Waals surface area contributed by atoms with E-state index in [0.717, 1.165) is 19.4 Å². The zero-order valence-electron chi connectivity index (χ0n) is 15.4. The highest BCUT2D eigenvalue weighted by molar-refractivity contribution is 5.90. The lowest BCUT2D eigenvalue weighted by Gasteiger charge is -2.33. The molecule has 25 heavy (non-hydrogen) atoms. The summed E-state index contributed by atoms with van der Waals surface area (Å²) in [6.45, 7) is 4.44. The van der Waals surface area contributed by atoms with Gasteiger partial charge in [-0.3, -0.25) is 9.59 Å². The highest BCUT2D eigenvalue weighted by Gasteiger charge is 2.23. The van der Waals surface area contributed by atoms with Crippen LogP contribution in [0.25, 0.3) is 0 Å². The summed E-state index contributed by atoms with van der Waals surface area (Å²) in [5, 5.41) is 5.90.